The van der Waals surface area contributed by atoms with Crippen LogP contribution in [0.25, 0.3) is 10.8 Å². The van der Waals surface area contributed by atoms with Crippen LogP contribution in [0, 0.1) is 0 Å². The highest BCUT2D eigenvalue weighted by atomic mass is 32.1. The number of ketones is 1. The summed E-state index contributed by atoms with van der Waals surface area (Å²) in [6, 6.07) is 10.2. The number of carbonyl (C=O) groups is 2. The van der Waals surface area contributed by atoms with Crippen LogP contribution >= 0.6 is 12.6 Å². The van der Waals surface area contributed by atoms with Gasteiger partial charge in [-0.3, -0.25) is 14.9 Å². The highest BCUT2D eigenvalue weighted by Gasteiger charge is 2.20. The summed E-state index contributed by atoms with van der Waals surface area (Å²) in [5.74, 6) is -0.674. The predicted octanol–water partition coefficient (Wildman–Crippen LogP) is 2.00. The number of fused-ring (bicyclic) bond motifs is 1. The molecule has 116 valence electrons. The van der Waals surface area contributed by atoms with E-state index in [1.807, 2.05) is 30.3 Å². The largest absolute Gasteiger partial charge is 0.496 e. The zero-order valence-electron chi connectivity index (χ0n) is 12.1. The van der Waals surface area contributed by atoms with E-state index in [4.69, 9.17) is 9.84 Å². The Balaban J connectivity index is 2.32. The first-order chi connectivity index (χ1) is 10.6. The fraction of sp³-hybridized carbons (Fsp3) is 0.250. The van der Waals surface area contributed by atoms with Gasteiger partial charge in [-0.15, -0.1) is 0 Å². The van der Waals surface area contributed by atoms with E-state index < -0.39 is 12.0 Å². The van der Waals surface area contributed by atoms with Gasteiger partial charge in [0.15, 0.2) is 5.78 Å². The lowest BCUT2D eigenvalue weighted by Gasteiger charge is -2.14. The average Bonchev–Trinajstić information content (AvgIpc) is 2.53. The fourth-order valence-electron chi connectivity index (χ4n) is 2.24. The van der Waals surface area contributed by atoms with Crippen LogP contribution in [0.5, 0.6) is 5.75 Å². The Labute approximate surface area is 133 Å². The normalized spacial score (nSPS) is 12.1. The van der Waals surface area contributed by atoms with Crippen LogP contribution in [0.2, 0.25) is 0 Å². The van der Waals surface area contributed by atoms with E-state index in [0.29, 0.717) is 11.3 Å². The highest BCUT2D eigenvalue weighted by molar-refractivity contribution is 7.80. The van der Waals surface area contributed by atoms with Gasteiger partial charge in [0.2, 0.25) is 0 Å². The zero-order valence-corrected chi connectivity index (χ0v) is 13.0. The second-order valence-electron chi connectivity index (χ2n) is 4.74. The van der Waals surface area contributed by atoms with Crippen molar-refractivity contribution in [3.05, 3.63) is 42.0 Å². The molecule has 0 radical (unpaired) electrons. The average molecular weight is 319 g/mol. The minimum atomic E-state index is -1.03. The first kappa shape index (κ1) is 16.3. The van der Waals surface area contributed by atoms with Gasteiger partial charge in [-0.05, 0) is 16.8 Å². The molecule has 0 aliphatic rings. The molecule has 5 nitrogen and oxygen atoms in total. The van der Waals surface area contributed by atoms with E-state index in [1.165, 1.54) is 7.11 Å². The molecule has 22 heavy (non-hydrogen) atoms. The molecule has 0 spiro atoms. The number of hydrogen-bond acceptors (Lipinski definition) is 5. The molecule has 0 heterocycles. The maximum absolute atomic E-state index is 12.5. The molecule has 0 aliphatic heterocycles. The molecule has 6 heteroatoms. The predicted molar refractivity (Wildman–Crippen MR) is 88.1 cm³/mol. The van der Waals surface area contributed by atoms with Crippen molar-refractivity contribution in [3.63, 3.8) is 0 Å². The molecule has 1 atom stereocenters. The second kappa shape index (κ2) is 7.29. The number of nitrogens with one attached hydrogen (secondary N) is 1. The topological polar surface area (TPSA) is 75.6 Å². The van der Waals surface area contributed by atoms with Crippen LogP contribution in [0.1, 0.15) is 10.4 Å². The Morgan fingerprint density at radius 3 is 2.64 bits per heavy atom. The van der Waals surface area contributed by atoms with Gasteiger partial charge < -0.3 is 9.84 Å². The van der Waals surface area contributed by atoms with Crippen LogP contribution in [-0.4, -0.2) is 42.3 Å². The maximum atomic E-state index is 12.5. The number of ether oxygens (including phenoxy) is 1. The summed E-state index contributed by atoms with van der Waals surface area (Å²) >= 11 is 3.96. The molecule has 0 fully saturated rings. The van der Waals surface area contributed by atoms with Gasteiger partial charge >= 0.3 is 5.97 Å². The maximum Gasteiger partial charge on any atom is 0.321 e. The molecule has 2 N–H and O–H groups in total. The lowest BCUT2D eigenvalue weighted by Crippen LogP contribution is -2.41. The van der Waals surface area contributed by atoms with Crippen LogP contribution in [-0.2, 0) is 4.79 Å². The molecular formula is C16H17NO4S. The molecule has 0 saturated heterocycles. The summed E-state index contributed by atoms with van der Waals surface area (Å²) in [7, 11) is 1.50. The number of hydrogen-bond donors (Lipinski definition) is 3. The van der Waals surface area contributed by atoms with E-state index in [2.05, 4.69) is 17.9 Å². The second-order valence-corrected chi connectivity index (χ2v) is 5.11. The number of carboxylic acid groups (broad SMARTS) is 1. The van der Waals surface area contributed by atoms with Gasteiger partial charge in [-0.25, -0.2) is 0 Å². The summed E-state index contributed by atoms with van der Waals surface area (Å²) in [4.78, 5) is 23.5. The van der Waals surface area contributed by atoms with Gasteiger partial charge in [-0.1, -0.05) is 30.3 Å². The summed E-state index contributed by atoms with van der Waals surface area (Å²) in [6.45, 7) is -0.0953. The van der Waals surface area contributed by atoms with Crippen LogP contribution in [0.4, 0.5) is 0 Å². The van der Waals surface area contributed by atoms with E-state index in [9.17, 15) is 9.59 Å². The number of rotatable bonds is 7. The van der Waals surface area contributed by atoms with Gasteiger partial charge in [0.1, 0.15) is 11.8 Å². The molecule has 2 aromatic carbocycles. The molecule has 0 aliphatic carbocycles. The molecule has 0 amide bonds. The monoisotopic (exact) mass is 319 g/mol. The van der Waals surface area contributed by atoms with Crippen molar-refractivity contribution in [3.8, 4) is 5.75 Å². The van der Waals surface area contributed by atoms with Crippen molar-refractivity contribution in [2.45, 2.75) is 6.04 Å². The molecular weight excluding hydrogens is 302 g/mol. The number of methoxy groups -OCH3 is 1. The first-order valence-electron chi connectivity index (χ1n) is 6.74. The summed E-state index contributed by atoms with van der Waals surface area (Å²) in [6.07, 6.45) is 0. The van der Waals surface area contributed by atoms with Crippen molar-refractivity contribution >= 4 is 35.2 Å². The van der Waals surface area contributed by atoms with Crippen molar-refractivity contribution in [2.24, 2.45) is 0 Å². The van der Waals surface area contributed by atoms with Crippen molar-refractivity contribution < 1.29 is 19.4 Å². The Morgan fingerprint density at radius 1 is 1.27 bits per heavy atom. The third kappa shape index (κ3) is 3.40. The van der Waals surface area contributed by atoms with Gasteiger partial charge in [0, 0.05) is 5.75 Å². The van der Waals surface area contributed by atoms with E-state index in [0.717, 1.165) is 10.8 Å². The van der Waals surface area contributed by atoms with Crippen molar-refractivity contribution in [2.75, 3.05) is 19.4 Å². The standard InChI is InChI=1S/C16H17NO4S/c1-21-14-7-6-10-4-2-3-5-11(10)15(14)13(18)8-17-12(9-22)16(19)20/h2-7,12,17,22H,8-9H2,1H3,(H,19,20). The smallest absolute Gasteiger partial charge is 0.321 e. The van der Waals surface area contributed by atoms with Crippen LogP contribution < -0.4 is 10.1 Å². The number of carbonyl (C=O) groups excluding carboxylic acids is 1. The molecule has 0 bridgehead atoms. The van der Waals surface area contributed by atoms with Crippen LogP contribution in [0.15, 0.2) is 36.4 Å². The highest BCUT2D eigenvalue weighted by Crippen LogP contribution is 2.28. The van der Waals surface area contributed by atoms with Crippen LogP contribution in [0.3, 0.4) is 0 Å². The molecule has 2 aromatic rings. The first-order valence-corrected chi connectivity index (χ1v) is 7.37. The Kier molecular flexibility index (Phi) is 5.41. The quantitative estimate of drug-likeness (QED) is 0.538. The van der Waals surface area contributed by atoms with E-state index in [-0.39, 0.29) is 18.1 Å². The molecule has 0 saturated carbocycles. The Bertz CT molecular complexity index is 702. The Morgan fingerprint density at radius 2 is 2.00 bits per heavy atom. The third-order valence-electron chi connectivity index (χ3n) is 3.38. The Hall–Kier alpha value is -2.05. The van der Waals surface area contributed by atoms with Gasteiger partial charge in [0.05, 0.1) is 19.2 Å². The van der Waals surface area contributed by atoms with Crippen molar-refractivity contribution in [1.29, 1.82) is 0 Å². The summed E-state index contributed by atoms with van der Waals surface area (Å²) in [5, 5.41) is 13.4. The number of thiol groups is 1. The van der Waals surface area contributed by atoms with E-state index in [1.54, 1.807) is 6.07 Å². The SMILES string of the molecule is COc1ccc2ccccc2c1C(=O)CNC(CS)C(=O)O. The molecule has 1 unspecified atom stereocenters. The van der Waals surface area contributed by atoms with E-state index >= 15 is 0 Å². The third-order valence-corrected chi connectivity index (χ3v) is 3.74. The minimum Gasteiger partial charge on any atom is -0.496 e. The molecule has 0 aromatic heterocycles. The lowest BCUT2D eigenvalue weighted by molar-refractivity contribution is -0.138. The van der Waals surface area contributed by atoms with Gasteiger partial charge in [0.25, 0.3) is 0 Å². The fourth-order valence-corrected chi connectivity index (χ4v) is 2.53. The number of aliphatic carboxylic acids is 1. The number of carboxylic acids is 1. The number of benzene rings is 2. The number of Topliss-reactive ketones (excluding diaryl/α,β-unsaturated/α-hetero) is 1. The summed E-state index contributed by atoms with van der Waals surface area (Å²) < 4.78 is 5.28. The van der Waals surface area contributed by atoms with Gasteiger partial charge in [-0.2, -0.15) is 12.6 Å². The van der Waals surface area contributed by atoms with Crippen molar-refractivity contribution in [1.82, 2.24) is 5.32 Å². The lowest BCUT2D eigenvalue weighted by atomic mass is 10.00. The molecule has 2 rings (SSSR count). The zero-order chi connectivity index (χ0) is 16.1. The summed E-state index contributed by atoms with van der Waals surface area (Å²) in [5.41, 5.74) is 0.455. The minimum absolute atomic E-state index is 0.0953.